The maximum atomic E-state index is 13.2. The van der Waals surface area contributed by atoms with Gasteiger partial charge in [-0.05, 0) is 60.7 Å². The molecule has 0 aliphatic carbocycles. The van der Waals surface area contributed by atoms with Crippen LogP contribution in [0.4, 0.5) is 4.39 Å². The van der Waals surface area contributed by atoms with Crippen LogP contribution in [-0.2, 0) is 23.2 Å². The molecule has 0 N–H and O–H groups in total. The number of benzene rings is 2. The lowest BCUT2D eigenvalue weighted by Crippen LogP contribution is -2.29. The van der Waals surface area contributed by atoms with Crippen LogP contribution in [0.2, 0.25) is 0 Å². The maximum absolute atomic E-state index is 13.2. The number of nitrogens with zero attached hydrogens (tertiary/aromatic N) is 1. The highest BCUT2D eigenvalue weighted by molar-refractivity contribution is 7.87. The van der Waals surface area contributed by atoms with Gasteiger partial charge in [0.15, 0.2) is 0 Å². The fourth-order valence-electron chi connectivity index (χ4n) is 2.71. The van der Waals surface area contributed by atoms with Crippen molar-refractivity contribution in [1.29, 1.82) is 0 Å². The van der Waals surface area contributed by atoms with Crippen LogP contribution in [0.5, 0.6) is 5.75 Å². The first-order chi connectivity index (χ1) is 14.2. The summed E-state index contributed by atoms with van der Waals surface area (Å²) in [5, 5.41) is 1.16. The van der Waals surface area contributed by atoms with Crippen LogP contribution < -0.4 is 4.18 Å². The number of carbonyl (C=O) groups is 1. The van der Waals surface area contributed by atoms with Gasteiger partial charge < -0.3 is 9.08 Å². The Kier molecular flexibility index (Phi) is 6.89. The zero-order valence-electron chi connectivity index (χ0n) is 16.6. The monoisotopic (exact) mass is 447 g/mol. The van der Waals surface area contributed by atoms with Gasteiger partial charge >= 0.3 is 10.1 Å². The molecular weight excluding hydrogens is 425 g/mol. The molecule has 0 spiro atoms. The molecule has 0 aliphatic rings. The lowest BCUT2D eigenvalue weighted by molar-refractivity contribution is 0.0735. The maximum Gasteiger partial charge on any atom is 0.311 e. The molecule has 0 radical (unpaired) electrons. The molecule has 0 saturated heterocycles. The Morgan fingerprint density at radius 3 is 2.37 bits per heavy atom. The molecule has 3 rings (SSSR count). The molecule has 2 aromatic carbocycles. The average molecular weight is 448 g/mol. The van der Waals surface area contributed by atoms with E-state index in [1.807, 2.05) is 5.38 Å². The van der Waals surface area contributed by atoms with Gasteiger partial charge in [-0.25, -0.2) is 4.39 Å². The topological polar surface area (TPSA) is 63.7 Å². The third-order valence-electron chi connectivity index (χ3n) is 4.37. The molecule has 0 saturated carbocycles. The Morgan fingerprint density at radius 2 is 1.73 bits per heavy atom. The van der Waals surface area contributed by atoms with Gasteiger partial charge in [-0.1, -0.05) is 30.3 Å². The molecule has 0 unspecified atom stereocenters. The summed E-state index contributed by atoms with van der Waals surface area (Å²) < 4.78 is 42.5. The molecule has 1 aromatic heterocycles. The van der Waals surface area contributed by atoms with Gasteiger partial charge in [-0.2, -0.15) is 8.42 Å². The third-order valence-corrected chi connectivity index (χ3v) is 6.80. The lowest BCUT2D eigenvalue weighted by Gasteiger charge is -2.23. The second-order valence-electron chi connectivity index (χ2n) is 7.04. The van der Waals surface area contributed by atoms with Crippen LogP contribution in [0.1, 0.15) is 34.6 Å². The van der Waals surface area contributed by atoms with E-state index in [1.165, 1.54) is 23.5 Å². The Balaban J connectivity index is 1.84. The van der Waals surface area contributed by atoms with E-state index < -0.39 is 15.4 Å². The molecular formula is C22H22FNO4S2. The van der Waals surface area contributed by atoms with Gasteiger partial charge in [-0.3, -0.25) is 4.79 Å². The number of thiophene rings is 1. The number of amides is 1. The zero-order valence-corrected chi connectivity index (χ0v) is 18.3. The van der Waals surface area contributed by atoms with Crippen molar-refractivity contribution in [2.75, 3.05) is 0 Å². The molecule has 0 fully saturated rings. The third kappa shape index (κ3) is 5.67. The Bertz CT molecular complexity index is 1090. The van der Waals surface area contributed by atoms with Crippen LogP contribution in [-0.4, -0.2) is 24.5 Å². The Morgan fingerprint density at radius 1 is 1.03 bits per heavy atom. The van der Waals surface area contributed by atoms with E-state index in [4.69, 9.17) is 4.18 Å². The lowest BCUT2D eigenvalue weighted by atomic mass is 10.1. The van der Waals surface area contributed by atoms with E-state index in [1.54, 1.807) is 67.3 Å². The highest BCUT2D eigenvalue weighted by Crippen LogP contribution is 2.21. The van der Waals surface area contributed by atoms with E-state index in [9.17, 15) is 17.6 Å². The Hall–Kier alpha value is -2.71. The molecule has 0 bridgehead atoms. The van der Waals surface area contributed by atoms with Crippen LogP contribution in [0.25, 0.3) is 0 Å². The van der Waals surface area contributed by atoms with Crippen LogP contribution >= 0.6 is 11.3 Å². The number of halogens is 1. The summed E-state index contributed by atoms with van der Waals surface area (Å²) in [6.07, 6.45) is 0. The zero-order chi connectivity index (χ0) is 21.7. The molecule has 158 valence electrons. The number of carbonyl (C=O) groups excluding carboxylic acids is 1. The van der Waals surface area contributed by atoms with E-state index in [0.29, 0.717) is 4.88 Å². The van der Waals surface area contributed by atoms with Gasteiger partial charge in [0.05, 0.1) is 10.1 Å². The number of rotatable bonds is 8. The van der Waals surface area contributed by atoms with E-state index in [0.717, 1.165) is 11.1 Å². The molecule has 30 heavy (non-hydrogen) atoms. The minimum absolute atomic E-state index is 0.157. The molecule has 0 atom stereocenters. The number of hydrogen-bond donors (Lipinski definition) is 0. The van der Waals surface area contributed by atoms with Crippen molar-refractivity contribution in [3.63, 3.8) is 0 Å². The SMILES string of the molecule is CC(C)S(=O)(=O)Oc1cccc(CN(Cc2ccc(F)cc2)C(=O)c2cccs2)c1. The van der Waals surface area contributed by atoms with E-state index >= 15 is 0 Å². The summed E-state index contributed by atoms with van der Waals surface area (Å²) in [6.45, 7) is 3.62. The fraction of sp³-hybridized carbons (Fsp3) is 0.227. The summed E-state index contributed by atoms with van der Waals surface area (Å²) >= 11 is 1.34. The predicted octanol–water partition coefficient (Wildman–Crippen LogP) is 4.85. The van der Waals surface area contributed by atoms with Gasteiger partial charge in [0, 0.05) is 13.1 Å². The quantitative estimate of drug-likeness (QED) is 0.463. The minimum Gasteiger partial charge on any atom is -0.382 e. The summed E-state index contributed by atoms with van der Waals surface area (Å²) in [7, 11) is -3.72. The van der Waals surface area contributed by atoms with Crippen molar-refractivity contribution in [2.45, 2.75) is 32.2 Å². The van der Waals surface area contributed by atoms with Gasteiger partial charge in [0.2, 0.25) is 0 Å². The highest BCUT2D eigenvalue weighted by Gasteiger charge is 2.20. The van der Waals surface area contributed by atoms with Crippen molar-refractivity contribution in [2.24, 2.45) is 0 Å². The molecule has 3 aromatic rings. The first kappa shape index (κ1) is 22.0. The molecule has 5 nitrogen and oxygen atoms in total. The summed E-state index contributed by atoms with van der Waals surface area (Å²) in [5.74, 6) is -0.298. The fourth-order valence-corrected chi connectivity index (χ4v) is 3.97. The smallest absolute Gasteiger partial charge is 0.311 e. The molecule has 8 heteroatoms. The van der Waals surface area contributed by atoms with Gasteiger partial charge in [-0.15, -0.1) is 11.3 Å². The van der Waals surface area contributed by atoms with Crippen molar-refractivity contribution in [3.8, 4) is 5.75 Å². The van der Waals surface area contributed by atoms with Crippen molar-refractivity contribution in [3.05, 3.63) is 87.9 Å². The second kappa shape index (κ2) is 9.40. The van der Waals surface area contributed by atoms with Crippen molar-refractivity contribution in [1.82, 2.24) is 4.90 Å². The minimum atomic E-state index is -3.72. The van der Waals surface area contributed by atoms with Crippen LogP contribution in [0.15, 0.2) is 66.0 Å². The van der Waals surface area contributed by atoms with Gasteiger partial charge in [0.25, 0.3) is 5.91 Å². The first-order valence-electron chi connectivity index (χ1n) is 9.34. The largest absolute Gasteiger partial charge is 0.382 e. The van der Waals surface area contributed by atoms with E-state index in [-0.39, 0.29) is 30.6 Å². The van der Waals surface area contributed by atoms with Crippen molar-refractivity contribution >= 4 is 27.4 Å². The standard InChI is InChI=1S/C22H22FNO4S2/c1-16(2)30(26,27)28-20-6-3-5-18(13-20)15-24(22(25)21-7-4-12-29-21)14-17-8-10-19(23)11-9-17/h3-13,16H,14-15H2,1-2H3. The van der Waals surface area contributed by atoms with E-state index in [2.05, 4.69) is 0 Å². The van der Waals surface area contributed by atoms with Gasteiger partial charge in [0.1, 0.15) is 11.6 Å². The van der Waals surface area contributed by atoms with Crippen LogP contribution in [0, 0.1) is 5.82 Å². The Labute approximate surface area is 179 Å². The normalized spacial score (nSPS) is 11.5. The highest BCUT2D eigenvalue weighted by atomic mass is 32.2. The van der Waals surface area contributed by atoms with Crippen molar-refractivity contribution < 1.29 is 21.8 Å². The second-order valence-corrected chi connectivity index (χ2v) is 10.1. The first-order valence-corrected chi connectivity index (χ1v) is 11.7. The predicted molar refractivity (Wildman–Crippen MR) is 115 cm³/mol. The molecule has 1 heterocycles. The number of hydrogen-bond acceptors (Lipinski definition) is 5. The summed E-state index contributed by atoms with van der Waals surface area (Å²) in [5.41, 5.74) is 1.51. The average Bonchev–Trinajstić information content (AvgIpc) is 3.23. The molecule has 1 amide bonds. The summed E-state index contributed by atoms with van der Waals surface area (Å²) in [6, 6.07) is 16.2. The summed E-state index contributed by atoms with van der Waals surface area (Å²) in [4.78, 5) is 15.2. The van der Waals surface area contributed by atoms with Crippen LogP contribution in [0.3, 0.4) is 0 Å². The molecule has 0 aliphatic heterocycles.